The van der Waals surface area contributed by atoms with Gasteiger partial charge in [-0.3, -0.25) is 4.99 Å². The van der Waals surface area contributed by atoms with E-state index in [1.165, 1.54) is 23.4 Å². The van der Waals surface area contributed by atoms with E-state index in [2.05, 4.69) is 20.4 Å². The zero-order valence-electron chi connectivity index (χ0n) is 13.3. The minimum Gasteiger partial charge on any atom is -0.364 e. The molecule has 0 radical (unpaired) electrons. The van der Waals surface area contributed by atoms with Crippen molar-refractivity contribution < 1.29 is 12.9 Å². The van der Waals surface area contributed by atoms with Gasteiger partial charge >= 0.3 is 0 Å². The van der Waals surface area contributed by atoms with Crippen molar-refractivity contribution in [2.24, 2.45) is 10.9 Å². The van der Waals surface area contributed by atoms with Gasteiger partial charge in [-0.1, -0.05) is 5.16 Å². The van der Waals surface area contributed by atoms with Gasteiger partial charge in [-0.05, 0) is 18.8 Å². The van der Waals surface area contributed by atoms with E-state index in [0.717, 1.165) is 18.4 Å². The average molecular weight is 341 g/mol. The molecule has 2 aliphatic rings. The molecule has 0 amide bonds. The van der Waals surface area contributed by atoms with Crippen LogP contribution in [0.15, 0.2) is 21.8 Å². The van der Waals surface area contributed by atoms with Crippen molar-refractivity contribution in [3.05, 3.63) is 18.0 Å². The SMILES string of the molecule is CN=C(NCC1CC1)N1CCN(S(=O)(=O)Cc2ccon2)CC1. The van der Waals surface area contributed by atoms with Crippen molar-refractivity contribution in [3.8, 4) is 0 Å². The summed E-state index contributed by atoms with van der Waals surface area (Å²) in [6.07, 6.45) is 3.97. The molecule has 0 aromatic carbocycles. The number of piperazine rings is 1. The number of hydrogen-bond donors (Lipinski definition) is 1. The first-order valence-corrected chi connectivity index (χ1v) is 9.52. The van der Waals surface area contributed by atoms with Crippen LogP contribution in [0.25, 0.3) is 0 Å². The Kier molecular flexibility index (Phi) is 4.86. The van der Waals surface area contributed by atoms with Gasteiger partial charge in [0.2, 0.25) is 10.0 Å². The summed E-state index contributed by atoms with van der Waals surface area (Å²) in [7, 11) is -1.59. The van der Waals surface area contributed by atoms with Crippen LogP contribution in [-0.2, 0) is 15.8 Å². The van der Waals surface area contributed by atoms with Gasteiger partial charge in [0.25, 0.3) is 0 Å². The molecule has 23 heavy (non-hydrogen) atoms. The second kappa shape index (κ2) is 6.88. The zero-order chi connectivity index (χ0) is 16.3. The quantitative estimate of drug-likeness (QED) is 0.604. The molecular formula is C14H23N5O3S. The summed E-state index contributed by atoms with van der Waals surface area (Å²) >= 11 is 0. The Balaban J connectivity index is 1.52. The number of guanidine groups is 1. The third-order valence-corrected chi connectivity index (χ3v) is 6.02. The smallest absolute Gasteiger partial charge is 0.220 e. The number of rotatable bonds is 5. The summed E-state index contributed by atoms with van der Waals surface area (Å²) in [5.41, 5.74) is 0.439. The molecule has 1 saturated carbocycles. The van der Waals surface area contributed by atoms with E-state index >= 15 is 0 Å². The maximum atomic E-state index is 12.4. The second-order valence-electron chi connectivity index (χ2n) is 6.00. The van der Waals surface area contributed by atoms with Gasteiger partial charge in [0.05, 0.1) is 5.69 Å². The lowest BCUT2D eigenvalue weighted by atomic mass is 10.3. The van der Waals surface area contributed by atoms with Gasteiger partial charge in [0.1, 0.15) is 12.0 Å². The number of nitrogens with one attached hydrogen (secondary N) is 1. The first kappa shape index (κ1) is 16.3. The molecule has 1 N–H and O–H groups in total. The monoisotopic (exact) mass is 341 g/mol. The molecule has 0 unspecified atom stereocenters. The number of hydrogen-bond acceptors (Lipinski definition) is 5. The van der Waals surface area contributed by atoms with Crippen LogP contribution in [0.1, 0.15) is 18.5 Å². The highest BCUT2D eigenvalue weighted by Gasteiger charge is 2.29. The van der Waals surface area contributed by atoms with E-state index in [9.17, 15) is 8.42 Å². The van der Waals surface area contributed by atoms with Crippen molar-refractivity contribution in [2.45, 2.75) is 18.6 Å². The third kappa shape index (κ3) is 4.23. The molecule has 1 aliphatic carbocycles. The molecular weight excluding hydrogens is 318 g/mol. The normalized spacial score (nSPS) is 20.7. The van der Waals surface area contributed by atoms with E-state index < -0.39 is 10.0 Å². The standard InChI is InChI=1S/C14H23N5O3S/c1-15-14(16-10-12-2-3-12)18-5-7-19(8-6-18)23(20,21)11-13-4-9-22-17-13/h4,9,12H,2-3,5-8,10-11H2,1H3,(H,15,16). The molecule has 1 aromatic heterocycles. The Labute approximate surface area is 136 Å². The average Bonchev–Trinajstić information content (AvgIpc) is 3.24. The van der Waals surface area contributed by atoms with Gasteiger partial charge in [-0.15, -0.1) is 0 Å². The van der Waals surface area contributed by atoms with E-state index in [4.69, 9.17) is 4.52 Å². The molecule has 0 atom stereocenters. The molecule has 128 valence electrons. The lowest BCUT2D eigenvalue weighted by molar-refractivity contribution is 0.259. The van der Waals surface area contributed by atoms with Crippen LogP contribution >= 0.6 is 0 Å². The van der Waals surface area contributed by atoms with Crippen LogP contribution in [0.5, 0.6) is 0 Å². The lowest BCUT2D eigenvalue weighted by Gasteiger charge is -2.35. The molecule has 2 fully saturated rings. The fraction of sp³-hybridized carbons (Fsp3) is 0.714. The minimum atomic E-state index is -3.35. The lowest BCUT2D eigenvalue weighted by Crippen LogP contribution is -2.54. The highest BCUT2D eigenvalue weighted by molar-refractivity contribution is 7.88. The Morgan fingerprint density at radius 1 is 1.39 bits per heavy atom. The predicted molar refractivity (Wildman–Crippen MR) is 86.4 cm³/mol. The number of aliphatic imine (C=N–C) groups is 1. The first-order chi connectivity index (χ1) is 11.1. The van der Waals surface area contributed by atoms with E-state index in [1.807, 2.05) is 0 Å². The number of aromatic nitrogens is 1. The van der Waals surface area contributed by atoms with Crippen molar-refractivity contribution in [1.82, 2.24) is 19.7 Å². The molecule has 0 spiro atoms. The van der Waals surface area contributed by atoms with Gasteiger partial charge in [-0.25, -0.2) is 8.42 Å². The maximum absolute atomic E-state index is 12.4. The van der Waals surface area contributed by atoms with Crippen molar-refractivity contribution in [1.29, 1.82) is 0 Å². The highest BCUT2D eigenvalue weighted by Crippen LogP contribution is 2.27. The van der Waals surface area contributed by atoms with Gasteiger partial charge in [-0.2, -0.15) is 4.31 Å². The van der Waals surface area contributed by atoms with Crippen molar-refractivity contribution in [3.63, 3.8) is 0 Å². The van der Waals surface area contributed by atoms with Crippen LogP contribution in [0.2, 0.25) is 0 Å². The van der Waals surface area contributed by atoms with E-state index in [1.54, 1.807) is 13.1 Å². The molecule has 1 saturated heterocycles. The number of sulfonamides is 1. The Morgan fingerprint density at radius 3 is 2.70 bits per heavy atom. The van der Waals surface area contributed by atoms with Gasteiger partial charge < -0.3 is 14.7 Å². The predicted octanol–water partition coefficient (Wildman–Crippen LogP) is 0.107. The molecule has 8 nitrogen and oxygen atoms in total. The van der Waals surface area contributed by atoms with Crippen LogP contribution in [-0.4, -0.2) is 68.5 Å². The summed E-state index contributed by atoms with van der Waals surface area (Å²) < 4.78 is 31.0. The fourth-order valence-corrected chi connectivity index (χ4v) is 4.08. The van der Waals surface area contributed by atoms with Crippen molar-refractivity contribution >= 4 is 16.0 Å². The Morgan fingerprint density at radius 2 is 2.13 bits per heavy atom. The molecule has 0 bridgehead atoms. The second-order valence-corrected chi connectivity index (χ2v) is 7.97. The van der Waals surface area contributed by atoms with Crippen LogP contribution in [0.4, 0.5) is 0 Å². The minimum absolute atomic E-state index is 0.113. The van der Waals surface area contributed by atoms with E-state index in [-0.39, 0.29) is 5.75 Å². The summed E-state index contributed by atoms with van der Waals surface area (Å²) in [5, 5.41) is 7.06. The largest absolute Gasteiger partial charge is 0.364 e. The maximum Gasteiger partial charge on any atom is 0.220 e. The van der Waals surface area contributed by atoms with Gasteiger partial charge in [0, 0.05) is 45.8 Å². The van der Waals surface area contributed by atoms with E-state index in [0.29, 0.717) is 31.9 Å². The van der Waals surface area contributed by atoms with Gasteiger partial charge in [0.15, 0.2) is 5.96 Å². The molecule has 1 aromatic rings. The molecule has 2 heterocycles. The Bertz CT molecular complexity index is 631. The zero-order valence-corrected chi connectivity index (χ0v) is 14.1. The van der Waals surface area contributed by atoms with Crippen LogP contribution < -0.4 is 5.32 Å². The van der Waals surface area contributed by atoms with Crippen molar-refractivity contribution in [2.75, 3.05) is 39.8 Å². The third-order valence-electron chi connectivity index (χ3n) is 4.21. The van der Waals surface area contributed by atoms with Crippen LogP contribution in [0, 0.1) is 5.92 Å². The molecule has 1 aliphatic heterocycles. The summed E-state index contributed by atoms with van der Waals surface area (Å²) in [6.45, 7) is 3.16. The fourth-order valence-electron chi connectivity index (χ4n) is 2.66. The number of nitrogens with zero attached hydrogens (tertiary/aromatic N) is 4. The highest BCUT2D eigenvalue weighted by atomic mass is 32.2. The summed E-state index contributed by atoms with van der Waals surface area (Å²) in [4.78, 5) is 6.42. The summed E-state index contributed by atoms with van der Waals surface area (Å²) in [5.74, 6) is 1.53. The summed E-state index contributed by atoms with van der Waals surface area (Å²) in [6, 6.07) is 1.58. The Hall–Kier alpha value is -1.61. The molecule has 3 rings (SSSR count). The topological polar surface area (TPSA) is 91.0 Å². The van der Waals surface area contributed by atoms with Crippen LogP contribution in [0.3, 0.4) is 0 Å². The first-order valence-electron chi connectivity index (χ1n) is 7.91. The molecule has 9 heteroatoms.